The third-order valence-electron chi connectivity index (χ3n) is 3.93. The molecule has 1 aromatic heterocycles. The lowest BCUT2D eigenvalue weighted by Crippen LogP contribution is -2.27. The van der Waals surface area contributed by atoms with Crippen LogP contribution < -0.4 is 4.74 Å². The molecule has 0 aliphatic rings. The van der Waals surface area contributed by atoms with Crippen molar-refractivity contribution in [1.29, 1.82) is 0 Å². The predicted octanol–water partition coefficient (Wildman–Crippen LogP) is 3.49. The highest BCUT2D eigenvalue weighted by Gasteiger charge is 2.11. The first-order valence-electron chi connectivity index (χ1n) is 8.46. The molecule has 6 nitrogen and oxygen atoms in total. The molecule has 0 atom stereocenters. The molecule has 0 saturated heterocycles. The molecule has 0 spiro atoms. The average Bonchev–Trinajstić information content (AvgIpc) is 3.10. The van der Waals surface area contributed by atoms with E-state index in [2.05, 4.69) is 16.7 Å². The first kappa shape index (κ1) is 18.7. The van der Waals surface area contributed by atoms with Crippen molar-refractivity contribution in [3.63, 3.8) is 0 Å². The van der Waals surface area contributed by atoms with Crippen LogP contribution in [0.25, 0.3) is 11.4 Å². The summed E-state index contributed by atoms with van der Waals surface area (Å²) in [7, 11) is 3.46. The van der Waals surface area contributed by atoms with Crippen molar-refractivity contribution in [2.24, 2.45) is 0 Å². The van der Waals surface area contributed by atoms with Gasteiger partial charge in [-0.1, -0.05) is 11.2 Å². The zero-order valence-corrected chi connectivity index (χ0v) is 14.9. The van der Waals surface area contributed by atoms with Crippen molar-refractivity contribution < 1.29 is 14.1 Å². The van der Waals surface area contributed by atoms with Gasteiger partial charge in [0.05, 0.1) is 7.11 Å². The van der Waals surface area contributed by atoms with Gasteiger partial charge in [-0.25, -0.2) is 0 Å². The minimum absolute atomic E-state index is 0.138. The number of aryl methyl sites for hydroxylation is 1. The molecule has 25 heavy (non-hydrogen) atoms. The monoisotopic (exact) mass is 343 g/mol. The van der Waals surface area contributed by atoms with Gasteiger partial charge in [0.15, 0.2) is 0 Å². The third kappa shape index (κ3) is 5.74. The van der Waals surface area contributed by atoms with E-state index >= 15 is 0 Å². The Morgan fingerprint density at radius 2 is 2.08 bits per heavy atom. The fourth-order valence-corrected chi connectivity index (χ4v) is 2.39. The molecular formula is C19H25N3O3. The maximum Gasteiger partial charge on any atom is 0.226 e. The molecule has 0 bridgehead atoms. The van der Waals surface area contributed by atoms with E-state index in [0.29, 0.717) is 31.0 Å². The highest BCUT2D eigenvalue weighted by Crippen LogP contribution is 2.20. The first-order chi connectivity index (χ1) is 12.1. The second-order valence-corrected chi connectivity index (χ2v) is 5.84. The van der Waals surface area contributed by atoms with Crippen LogP contribution in [0.1, 0.15) is 31.6 Å². The van der Waals surface area contributed by atoms with E-state index in [9.17, 15) is 4.79 Å². The number of nitrogens with zero attached hydrogens (tertiary/aromatic N) is 3. The van der Waals surface area contributed by atoms with Crippen LogP contribution in [0.15, 0.2) is 41.4 Å². The topological polar surface area (TPSA) is 68.5 Å². The molecule has 2 rings (SSSR count). The number of rotatable bonds is 10. The van der Waals surface area contributed by atoms with E-state index in [-0.39, 0.29) is 5.91 Å². The number of benzene rings is 1. The molecule has 2 aromatic rings. The Hall–Kier alpha value is -2.63. The maximum absolute atomic E-state index is 12.0. The summed E-state index contributed by atoms with van der Waals surface area (Å²) in [6, 6.07) is 7.48. The Labute approximate surface area is 148 Å². The summed E-state index contributed by atoms with van der Waals surface area (Å²) < 4.78 is 10.4. The number of methoxy groups -OCH3 is 1. The zero-order valence-electron chi connectivity index (χ0n) is 14.9. The number of aromatic nitrogens is 2. The largest absolute Gasteiger partial charge is 0.497 e. The Morgan fingerprint density at radius 3 is 2.76 bits per heavy atom. The molecule has 1 aromatic carbocycles. The van der Waals surface area contributed by atoms with Crippen LogP contribution in [0.4, 0.5) is 0 Å². The van der Waals surface area contributed by atoms with Gasteiger partial charge in [-0.2, -0.15) is 4.98 Å². The Balaban J connectivity index is 1.79. The van der Waals surface area contributed by atoms with Crippen LogP contribution in [0.5, 0.6) is 5.75 Å². The fourth-order valence-electron chi connectivity index (χ4n) is 2.39. The zero-order chi connectivity index (χ0) is 18.1. The van der Waals surface area contributed by atoms with E-state index in [0.717, 1.165) is 30.7 Å². The second-order valence-electron chi connectivity index (χ2n) is 5.84. The van der Waals surface area contributed by atoms with Gasteiger partial charge in [-0.3, -0.25) is 4.79 Å². The van der Waals surface area contributed by atoms with E-state index in [1.165, 1.54) is 0 Å². The lowest BCUT2D eigenvalue weighted by atomic mass is 10.2. The highest BCUT2D eigenvalue weighted by atomic mass is 16.5. The van der Waals surface area contributed by atoms with Crippen molar-refractivity contribution in [2.75, 3.05) is 20.7 Å². The maximum atomic E-state index is 12.0. The van der Waals surface area contributed by atoms with Crippen LogP contribution in [-0.2, 0) is 11.2 Å². The summed E-state index contributed by atoms with van der Waals surface area (Å²) >= 11 is 0. The molecule has 0 N–H and O–H groups in total. The minimum Gasteiger partial charge on any atom is -0.497 e. The Morgan fingerprint density at radius 1 is 1.32 bits per heavy atom. The van der Waals surface area contributed by atoms with Gasteiger partial charge in [0, 0.05) is 32.0 Å². The molecular weight excluding hydrogens is 318 g/mol. The molecule has 0 aliphatic heterocycles. The van der Waals surface area contributed by atoms with Gasteiger partial charge in [0.1, 0.15) is 5.75 Å². The number of hydrogen-bond donors (Lipinski definition) is 0. The summed E-state index contributed by atoms with van der Waals surface area (Å²) in [5.74, 6) is 2.01. The molecule has 6 heteroatoms. The SMILES string of the molecule is C=CCCCN(C)C(=O)CCCc1nc(-c2ccc(OC)cc2)no1. The summed E-state index contributed by atoms with van der Waals surface area (Å²) in [4.78, 5) is 18.2. The number of ether oxygens (including phenoxy) is 1. The molecule has 0 radical (unpaired) electrons. The van der Waals surface area contributed by atoms with E-state index < -0.39 is 0 Å². The standard InChI is InChI=1S/C19H25N3O3/c1-4-5-6-14-22(2)18(23)9-7-8-17-20-19(21-25-17)15-10-12-16(24-3)13-11-15/h4,10-13H,1,5-9,14H2,2-3H3. The lowest BCUT2D eigenvalue weighted by Gasteiger charge is -2.16. The number of unbranched alkanes of at least 4 members (excludes halogenated alkanes) is 1. The van der Waals surface area contributed by atoms with Gasteiger partial charge in [-0.05, 0) is 43.5 Å². The smallest absolute Gasteiger partial charge is 0.226 e. The minimum atomic E-state index is 0.138. The van der Waals surface area contributed by atoms with Gasteiger partial charge in [0.25, 0.3) is 0 Å². The highest BCUT2D eigenvalue weighted by molar-refractivity contribution is 5.75. The van der Waals surface area contributed by atoms with Gasteiger partial charge < -0.3 is 14.2 Å². The first-order valence-corrected chi connectivity index (χ1v) is 8.46. The van der Waals surface area contributed by atoms with Crippen LogP contribution in [0.2, 0.25) is 0 Å². The normalized spacial score (nSPS) is 10.5. The molecule has 1 amide bonds. The van der Waals surface area contributed by atoms with Crippen LogP contribution in [-0.4, -0.2) is 41.6 Å². The quantitative estimate of drug-likeness (QED) is 0.488. The van der Waals surface area contributed by atoms with E-state index in [1.54, 1.807) is 12.0 Å². The fraction of sp³-hybridized carbons (Fsp3) is 0.421. The van der Waals surface area contributed by atoms with Crippen molar-refractivity contribution >= 4 is 5.91 Å². The predicted molar refractivity (Wildman–Crippen MR) is 96.3 cm³/mol. The molecule has 0 saturated carbocycles. The van der Waals surface area contributed by atoms with E-state index in [4.69, 9.17) is 9.26 Å². The summed E-state index contributed by atoms with van der Waals surface area (Å²) in [6.45, 7) is 4.44. The van der Waals surface area contributed by atoms with Gasteiger partial charge in [0.2, 0.25) is 17.6 Å². The van der Waals surface area contributed by atoms with Crippen molar-refractivity contribution in [1.82, 2.24) is 15.0 Å². The number of amides is 1. The summed E-state index contributed by atoms with van der Waals surface area (Å²) in [5, 5.41) is 3.99. The molecule has 0 aliphatic carbocycles. The van der Waals surface area contributed by atoms with Crippen LogP contribution >= 0.6 is 0 Å². The average molecular weight is 343 g/mol. The van der Waals surface area contributed by atoms with Crippen LogP contribution in [0, 0.1) is 0 Å². The lowest BCUT2D eigenvalue weighted by molar-refractivity contribution is -0.130. The van der Waals surface area contributed by atoms with E-state index in [1.807, 2.05) is 37.4 Å². The number of carbonyl (C=O) groups excluding carboxylic acids is 1. The Kier molecular flexibility index (Phi) is 7.19. The van der Waals surface area contributed by atoms with Crippen molar-refractivity contribution in [3.8, 4) is 17.1 Å². The molecule has 0 unspecified atom stereocenters. The summed E-state index contributed by atoms with van der Waals surface area (Å²) in [6.07, 6.45) is 5.50. The van der Waals surface area contributed by atoms with Gasteiger partial charge in [-0.15, -0.1) is 6.58 Å². The second kappa shape index (κ2) is 9.61. The Bertz CT molecular complexity index is 679. The number of hydrogen-bond acceptors (Lipinski definition) is 5. The van der Waals surface area contributed by atoms with Gasteiger partial charge >= 0.3 is 0 Å². The molecule has 1 heterocycles. The number of carbonyl (C=O) groups is 1. The van der Waals surface area contributed by atoms with Crippen molar-refractivity contribution in [3.05, 3.63) is 42.8 Å². The van der Waals surface area contributed by atoms with Crippen molar-refractivity contribution in [2.45, 2.75) is 32.1 Å². The summed E-state index contributed by atoms with van der Waals surface area (Å²) in [5.41, 5.74) is 0.869. The molecule has 0 fully saturated rings. The molecule has 134 valence electrons. The third-order valence-corrected chi connectivity index (χ3v) is 3.93. The number of allylic oxidation sites excluding steroid dienone is 1. The van der Waals surface area contributed by atoms with Crippen LogP contribution in [0.3, 0.4) is 0 Å².